The number of nitrogens with two attached hydrogens (primary N) is 1. The SMILES string of the molecule is COCCc1ccc(OC(C)CC(C)(N)CO)cc1. The molecule has 0 heterocycles. The van der Waals surface area contributed by atoms with E-state index in [2.05, 4.69) is 0 Å². The number of rotatable bonds is 8. The molecule has 1 rings (SSSR count). The Hall–Kier alpha value is -1.10. The van der Waals surface area contributed by atoms with E-state index in [0.29, 0.717) is 6.42 Å². The molecule has 0 fully saturated rings. The Morgan fingerprint density at radius 2 is 1.95 bits per heavy atom. The summed E-state index contributed by atoms with van der Waals surface area (Å²) < 4.78 is 10.8. The summed E-state index contributed by atoms with van der Waals surface area (Å²) in [5.41, 5.74) is 6.53. The van der Waals surface area contributed by atoms with Gasteiger partial charge in [0.25, 0.3) is 0 Å². The fourth-order valence-electron chi connectivity index (χ4n) is 1.95. The molecule has 0 aliphatic carbocycles. The second kappa shape index (κ2) is 7.48. The molecule has 0 aromatic heterocycles. The summed E-state index contributed by atoms with van der Waals surface area (Å²) in [6.45, 7) is 4.45. The van der Waals surface area contributed by atoms with E-state index in [0.717, 1.165) is 18.8 Å². The van der Waals surface area contributed by atoms with E-state index in [-0.39, 0.29) is 12.7 Å². The Bertz CT molecular complexity index is 362. The van der Waals surface area contributed by atoms with Crippen LogP contribution in [-0.2, 0) is 11.2 Å². The Kier molecular flexibility index (Phi) is 6.28. The van der Waals surface area contributed by atoms with Gasteiger partial charge in [0.2, 0.25) is 0 Å². The quantitative estimate of drug-likeness (QED) is 0.753. The molecular weight excluding hydrogens is 242 g/mol. The highest BCUT2D eigenvalue weighted by atomic mass is 16.5. The van der Waals surface area contributed by atoms with E-state index >= 15 is 0 Å². The number of ether oxygens (including phenoxy) is 2. The van der Waals surface area contributed by atoms with Crippen molar-refractivity contribution in [1.29, 1.82) is 0 Å². The van der Waals surface area contributed by atoms with Crippen molar-refractivity contribution in [2.45, 2.75) is 38.3 Å². The van der Waals surface area contributed by atoms with E-state index < -0.39 is 5.54 Å². The van der Waals surface area contributed by atoms with Gasteiger partial charge in [0.05, 0.1) is 19.3 Å². The normalized spacial score (nSPS) is 15.8. The summed E-state index contributed by atoms with van der Waals surface area (Å²) in [4.78, 5) is 0. The molecule has 0 aliphatic rings. The Morgan fingerprint density at radius 1 is 1.32 bits per heavy atom. The Labute approximate surface area is 115 Å². The van der Waals surface area contributed by atoms with Crippen LogP contribution >= 0.6 is 0 Å². The first-order chi connectivity index (χ1) is 8.96. The summed E-state index contributed by atoms with van der Waals surface area (Å²) in [7, 11) is 1.70. The van der Waals surface area contributed by atoms with Crippen LogP contribution in [0.1, 0.15) is 25.8 Å². The minimum atomic E-state index is -0.599. The molecule has 1 aromatic carbocycles. The molecule has 1 aromatic rings. The van der Waals surface area contributed by atoms with Gasteiger partial charge in [-0.3, -0.25) is 0 Å². The summed E-state index contributed by atoms with van der Waals surface area (Å²) >= 11 is 0. The third-order valence-electron chi connectivity index (χ3n) is 2.97. The van der Waals surface area contributed by atoms with Crippen LogP contribution in [0.25, 0.3) is 0 Å². The fraction of sp³-hybridized carbons (Fsp3) is 0.600. The van der Waals surface area contributed by atoms with Crippen LogP contribution < -0.4 is 10.5 Å². The maximum absolute atomic E-state index is 9.14. The van der Waals surface area contributed by atoms with Crippen molar-refractivity contribution >= 4 is 0 Å². The van der Waals surface area contributed by atoms with Crippen LogP contribution in [0.2, 0.25) is 0 Å². The standard InChI is InChI=1S/C15H25NO3/c1-12(10-15(2,16)11-17)19-14-6-4-13(5-7-14)8-9-18-3/h4-7,12,17H,8-11,16H2,1-3H3. The van der Waals surface area contributed by atoms with E-state index in [1.165, 1.54) is 5.56 Å². The molecule has 0 saturated carbocycles. The van der Waals surface area contributed by atoms with Gasteiger partial charge in [-0.15, -0.1) is 0 Å². The third kappa shape index (κ3) is 6.05. The van der Waals surface area contributed by atoms with Crippen molar-refractivity contribution in [3.63, 3.8) is 0 Å². The number of benzene rings is 1. The van der Waals surface area contributed by atoms with Crippen molar-refractivity contribution in [3.05, 3.63) is 29.8 Å². The number of methoxy groups -OCH3 is 1. The van der Waals surface area contributed by atoms with Crippen LogP contribution in [0.15, 0.2) is 24.3 Å². The maximum Gasteiger partial charge on any atom is 0.119 e. The predicted octanol–water partition coefficient (Wildman–Crippen LogP) is 1.74. The Balaban J connectivity index is 2.48. The van der Waals surface area contributed by atoms with Crippen LogP contribution in [0.5, 0.6) is 5.75 Å². The first kappa shape index (κ1) is 16.0. The first-order valence-electron chi connectivity index (χ1n) is 6.61. The molecule has 3 N–H and O–H groups in total. The van der Waals surface area contributed by atoms with Crippen molar-refractivity contribution in [1.82, 2.24) is 0 Å². The van der Waals surface area contributed by atoms with Crippen molar-refractivity contribution in [3.8, 4) is 5.75 Å². The summed E-state index contributed by atoms with van der Waals surface area (Å²) in [6.07, 6.45) is 1.47. The van der Waals surface area contributed by atoms with E-state index in [1.54, 1.807) is 7.11 Å². The van der Waals surface area contributed by atoms with Crippen LogP contribution in [0, 0.1) is 0 Å². The lowest BCUT2D eigenvalue weighted by Crippen LogP contribution is -2.43. The number of hydrogen-bond acceptors (Lipinski definition) is 4. The highest BCUT2D eigenvalue weighted by Gasteiger charge is 2.21. The zero-order chi connectivity index (χ0) is 14.3. The van der Waals surface area contributed by atoms with Gasteiger partial charge in [-0.1, -0.05) is 12.1 Å². The van der Waals surface area contributed by atoms with Crippen molar-refractivity contribution in [2.75, 3.05) is 20.3 Å². The number of hydrogen-bond donors (Lipinski definition) is 2. The maximum atomic E-state index is 9.14. The molecule has 19 heavy (non-hydrogen) atoms. The van der Waals surface area contributed by atoms with E-state index in [9.17, 15) is 0 Å². The van der Waals surface area contributed by atoms with Crippen molar-refractivity contribution in [2.24, 2.45) is 5.73 Å². The lowest BCUT2D eigenvalue weighted by Gasteiger charge is -2.26. The van der Waals surface area contributed by atoms with E-state index in [4.69, 9.17) is 20.3 Å². The van der Waals surface area contributed by atoms with E-state index in [1.807, 2.05) is 38.1 Å². The molecular formula is C15H25NO3. The minimum Gasteiger partial charge on any atom is -0.491 e. The third-order valence-corrected chi connectivity index (χ3v) is 2.97. The van der Waals surface area contributed by atoms with Crippen LogP contribution in [0.3, 0.4) is 0 Å². The molecule has 2 atom stereocenters. The van der Waals surface area contributed by atoms with Gasteiger partial charge in [0, 0.05) is 19.1 Å². The van der Waals surface area contributed by atoms with Crippen molar-refractivity contribution < 1.29 is 14.6 Å². The fourth-order valence-corrected chi connectivity index (χ4v) is 1.95. The van der Waals surface area contributed by atoms with Gasteiger partial charge in [0.15, 0.2) is 0 Å². The molecule has 0 spiro atoms. The monoisotopic (exact) mass is 267 g/mol. The van der Waals surface area contributed by atoms with Gasteiger partial charge in [-0.05, 0) is 38.0 Å². The Morgan fingerprint density at radius 3 is 2.47 bits per heavy atom. The summed E-state index contributed by atoms with van der Waals surface area (Å²) in [5, 5.41) is 9.14. The average molecular weight is 267 g/mol. The highest BCUT2D eigenvalue weighted by Crippen LogP contribution is 2.18. The van der Waals surface area contributed by atoms with Gasteiger partial charge in [-0.25, -0.2) is 0 Å². The molecule has 2 unspecified atom stereocenters. The van der Waals surface area contributed by atoms with Crippen LogP contribution in [0.4, 0.5) is 0 Å². The summed E-state index contributed by atoms with van der Waals surface area (Å²) in [6, 6.07) is 7.98. The topological polar surface area (TPSA) is 64.7 Å². The van der Waals surface area contributed by atoms with Gasteiger partial charge in [-0.2, -0.15) is 0 Å². The predicted molar refractivity (Wildman–Crippen MR) is 76.4 cm³/mol. The second-order valence-corrected chi connectivity index (χ2v) is 5.33. The smallest absolute Gasteiger partial charge is 0.119 e. The molecule has 0 amide bonds. The average Bonchev–Trinajstić information content (AvgIpc) is 2.37. The molecule has 0 radical (unpaired) electrons. The summed E-state index contributed by atoms with van der Waals surface area (Å²) in [5.74, 6) is 0.822. The second-order valence-electron chi connectivity index (χ2n) is 5.33. The molecule has 0 bridgehead atoms. The molecule has 4 heteroatoms. The minimum absolute atomic E-state index is 0.0352. The molecule has 108 valence electrons. The lowest BCUT2D eigenvalue weighted by atomic mass is 9.97. The first-order valence-corrected chi connectivity index (χ1v) is 6.61. The van der Waals surface area contributed by atoms with Gasteiger partial charge < -0.3 is 20.3 Å². The largest absolute Gasteiger partial charge is 0.491 e. The van der Waals surface area contributed by atoms with Gasteiger partial charge >= 0.3 is 0 Å². The van der Waals surface area contributed by atoms with Crippen LogP contribution in [-0.4, -0.2) is 37.1 Å². The number of aliphatic hydroxyl groups is 1. The van der Waals surface area contributed by atoms with Gasteiger partial charge in [0.1, 0.15) is 5.75 Å². The molecule has 0 aliphatic heterocycles. The molecule has 0 saturated heterocycles. The lowest BCUT2D eigenvalue weighted by molar-refractivity contribution is 0.133. The highest BCUT2D eigenvalue weighted by molar-refractivity contribution is 5.27. The zero-order valence-corrected chi connectivity index (χ0v) is 12.1. The number of aliphatic hydroxyl groups excluding tert-OH is 1. The zero-order valence-electron chi connectivity index (χ0n) is 12.1. The molecule has 4 nitrogen and oxygen atoms in total.